The van der Waals surface area contributed by atoms with Gasteiger partial charge >= 0.3 is 0 Å². The van der Waals surface area contributed by atoms with Crippen LogP contribution in [0, 0.1) is 5.92 Å². The summed E-state index contributed by atoms with van der Waals surface area (Å²) in [7, 11) is 3.96. The van der Waals surface area contributed by atoms with Crippen molar-refractivity contribution < 1.29 is 4.79 Å². The molecule has 1 aromatic heterocycles. The number of aromatic nitrogens is 3. The Morgan fingerprint density at radius 2 is 1.85 bits per heavy atom. The molecule has 2 fully saturated rings. The first-order chi connectivity index (χ1) is 16.5. The van der Waals surface area contributed by atoms with Gasteiger partial charge in [-0.1, -0.05) is 36.2 Å². The van der Waals surface area contributed by atoms with Gasteiger partial charge in [0.15, 0.2) is 0 Å². The fourth-order valence-electron chi connectivity index (χ4n) is 4.65. The van der Waals surface area contributed by atoms with E-state index in [9.17, 15) is 4.79 Å². The van der Waals surface area contributed by atoms with Gasteiger partial charge in [0.1, 0.15) is 0 Å². The number of hydrogen-bond acceptors (Lipinski definition) is 8. The number of carbonyl (C=O) groups is 1. The topological polar surface area (TPSA) is 98.3 Å². The highest BCUT2D eigenvalue weighted by Gasteiger charge is 2.25. The van der Waals surface area contributed by atoms with Crippen molar-refractivity contribution in [2.75, 3.05) is 55.8 Å². The molecule has 0 spiro atoms. The van der Waals surface area contributed by atoms with Gasteiger partial charge in [-0.3, -0.25) is 4.79 Å². The molecule has 0 radical (unpaired) electrons. The highest BCUT2D eigenvalue weighted by atomic mass is 35.5. The number of rotatable bonds is 8. The smallest absolute Gasteiger partial charge is 0.232 e. The number of likely N-dealkylation sites (N-methyl/N-ethyl adjacent to an activating group) is 1. The molecule has 1 aromatic carbocycles. The van der Waals surface area contributed by atoms with E-state index in [0.717, 1.165) is 57.4 Å². The molecule has 2 heterocycles. The zero-order chi connectivity index (χ0) is 23.9. The summed E-state index contributed by atoms with van der Waals surface area (Å²) in [6, 6.07) is 7.84. The average Bonchev–Trinajstić information content (AvgIpc) is 2.84. The Morgan fingerprint density at radius 1 is 1.09 bits per heavy atom. The minimum Gasteiger partial charge on any atom is -0.357 e. The molecule has 184 valence electrons. The average molecular weight is 487 g/mol. The summed E-state index contributed by atoms with van der Waals surface area (Å²) in [6.45, 7) is 4.24. The van der Waals surface area contributed by atoms with Crippen LogP contribution in [0.3, 0.4) is 0 Å². The third-order valence-corrected chi connectivity index (χ3v) is 7.03. The molecule has 1 amide bonds. The first-order valence-electron chi connectivity index (χ1n) is 12.1. The zero-order valence-electron chi connectivity index (χ0n) is 20.1. The maximum absolute atomic E-state index is 12.6. The lowest BCUT2D eigenvalue weighted by atomic mass is 9.83. The molecule has 4 rings (SSSR count). The van der Waals surface area contributed by atoms with Crippen molar-refractivity contribution in [2.45, 2.75) is 44.7 Å². The lowest BCUT2D eigenvalue weighted by Crippen LogP contribution is -2.45. The van der Waals surface area contributed by atoms with Gasteiger partial charge < -0.3 is 25.8 Å². The molecule has 1 aliphatic heterocycles. The van der Waals surface area contributed by atoms with E-state index in [-0.39, 0.29) is 11.9 Å². The number of anilines is 3. The lowest BCUT2D eigenvalue weighted by molar-refractivity contribution is -0.122. The van der Waals surface area contributed by atoms with Crippen LogP contribution >= 0.6 is 11.6 Å². The van der Waals surface area contributed by atoms with Crippen molar-refractivity contribution in [1.29, 1.82) is 0 Å². The minimum absolute atomic E-state index is 0.0700. The number of carbonyl (C=O) groups excluding carboxylic acids is 1. The molecule has 3 N–H and O–H groups in total. The Labute approximate surface area is 206 Å². The third kappa shape index (κ3) is 6.70. The molecule has 0 bridgehead atoms. The van der Waals surface area contributed by atoms with Crippen molar-refractivity contribution in [3.05, 3.63) is 34.9 Å². The number of piperazine rings is 1. The molecule has 2 atom stereocenters. The summed E-state index contributed by atoms with van der Waals surface area (Å²) >= 11 is 6.20. The van der Waals surface area contributed by atoms with E-state index in [1.807, 2.05) is 31.3 Å². The molecule has 1 saturated carbocycles. The van der Waals surface area contributed by atoms with Crippen LogP contribution in [0.15, 0.2) is 24.3 Å². The van der Waals surface area contributed by atoms with E-state index < -0.39 is 0 Å². The van der Waals surface area contributed by atoms with Crippen LogP contribution in [0.2, 0.25) is 5.02 Å². The molecular formula is C24H35ClN8O. The normalized spacial score (nSPS) is 21.2. The van der Waals surface area contributed by atoms with Crippen LogP contribution in [-0.2, 0) is 11.3 Å². The van der Waals surface area contributed by atoms with Gasteiger partial charge in [-0.15, -0.1) is 0 Å². The van der Waals surface area contributed by atoms with Crippen molar-refractivity contribution >= 4 is 35.4 Å². The van der Waals surface area contributed by atoms with E-state index in [1.54, 1.807) is 0 Å². The minimum atomic E-state index is 0.0700. The lowest BCUT2D eigenvalue weighted by Gasteiger charge is -2.33. The van der Waals surface area contributed by atoms with Crippen LogP contribution in [0.25, 0.3) is 0 Å². The van der Waals surface area contributed by atoms with E-state index in [0.29, 0.717) is 41.8 Å². The second kappa shape index (κ2) is 11.7. The van der Waals surface area contributed by atoms with Gasteiger partial charge in [0.25, 0.3) is 0 Å². The fourth-order valence-corrected chi connectivity index (χ4v) is 4.85. The molecular weight excluding hydrogens is 452 g/mol. The number of benzene rings is 1. The maximum Gasteiger partial charge on any atom is 0.232 e. The molecule has 9 nitrogen and oxygen atoms in total. The first-order valence-corrected chi connectivity index (χ1v) is 12.5. The number of amides is 1. The van der Waals surface area contributed by atoms with Gasteiger partial charge in [0.2, 0.25) is 23.8 Å². The summed E-state index contributed by atoms with van der Waals surface area (Å²) in [5.41, 5.74) is 0.937. The van der Waals surface area contributed by atoms with Crippen LogP contribution < -0.4 is 20.9 Å². The number of nitrogens with zero attached hydrogens (tertiary/aromatic N) is 5. The van der Waals surface area contributed by atoms with Gasteiger partial charge in [-0.25, -0.2) is 0 Å². The van der Waals surface area contributed by atoms with Crippen molar-refractivity contribution in [3.63, 3.8) is 0 Å². The van der Waals surface area contributed by atoms with Gasteiger partial charge in [-0.2, -0.15) is 15.0 Å². The van der Waals surface area contributed by atoms with E-state index in [1.165, 1.54) is 0 Å². The Morgan fingerprint density at radius 3 is 2.62 bits per heavy atom. The first kappa shape index (κ1) is 24.5. The van der Waals surface area contributed by atoms with Crippen LogP contribution in [0.4, 0.5) is 17.8 Å². The highest BCUT2D eigenvalue weighted by Crippen LogP contribution is 2.29. The molecule has 2 aromatic rings. The Balaban J connectivity index is 1.32. The second-order valence-corrected chi connectivity index (χ2v) is 9.68. The molecule has 1 aliphatic carbocycles. The standard InChI is InChI=1S/C24H35ClN8O/c1-26-22-29-23(31-24(30-22)33-12-10-32(2)11-13-33)28-19-8-5-6-17(14-19)15-21(34)27-16-18-7-3-4-9-20(18)25/h3-4,7,9,17,19H,5-6,8,10-16H2,1-2H3,(H,27,34)(H2,26,28,29,30,31). The number of hydrogen-bond donors (Lipinski definition) is 3. The van der Waals surface area contributed by atoms with Crippen LogP contribution in [0.5, 0.6) is 0 Å². The van der Waals surface area contributed by atoms with Gasteiger partial charge in [0, 0.05) is 57.3 Å². The fraction of sp³-hybridized carbons (Fsp3) is 0.583. The Hall–Kier alpha value is -2.65. The van der Waals surface area contributed by atoms with E-state index in [4.69, 9.17) is 16.6 Å². The monoisotopic (exact) mass is 486 g/mol. The number of halogens is 1. The van der Waals surface area contributed by atoms with Gasteiger partial charge in [0.05, 0.1) is 0 Å². The Bertz CT molecular complexity index is 966. The SMILES string of the molecule is CNc1nc(NC2CCCC(CC(=O)NCc3ccccc3Cl)C2)nc(N2CCN(C)CC2)n1. The highest BCUT2D eigenvalue weighted by molar-refractivity contribution is 6.31. The largest absolute Gasteiger partial charge is 0.357 e. The van der Waals surface area contributed by atoms with Crippen LogP contribution in [-0.4, -0.2) is 72.1 Å². The van der Waals surface area contributed by atoms with Crippen LogP contribution in [0.1, 0.15) is 37.7 Å². The molecule has 10 heteroatoms. The van der Waals surface area contributed by atoms with Crippen molar-refractivity contribution in [2.24, 2.45) is 5.92 Å². The summed E-state index contributed by atoms with van der Waals surface area (Å²) in [5.74, 6) is 2.28. The molecule has 34 heavy (non-hydrogen) atoms. The predicted molar refractivity (Wildman–Crippen MR) is 136 cm³/mol. The van der Waals surface area contributed by atoms with Crippen molar-refractivity contribution in [3.8, 4) is 0 Å². The second-order valence-electron chi connectivity index (χ2n) is 9.27. The third-order valence-electron chi connectivity index (χ3n) is 6.66. The summed E-state index contributed by atoms with van der Waals surface area (Å²) in [6.07, 6.45) is 4.62. The van der Waals surface area contributed by atoms with E-state index >= 15 is 0 Å². The van der Waals surface area contributed by atoms with Crippen molar-refractivity contribution in [1.82, 2.24) is 25.2 Å². The molecule has 2 aliphatic rings. The number of nitrogens with one attached hydrogen (secondary N) is 3. The summed E-state index contributed by atoms with van der Waals surface area (Å²) < 4.78 is 0. The molecule has 2 unspecified atom stereocenters. The van der Waals surface area contributed by atoms with Gasteiger partial charge in [-0.05, 0) is 43.9 Å². The van der Waals surface area contributed by atoms with E-state index in [2.05, 4.69) is 42.8 Å². The Kier molecular flexibility index (Phi) is 8.39. The predicted octanol–water partition coefficient (Wildman–Crippen LogP) is 3.00. The maximum atomic E-state index is 12.6. The quantitative estimate of drug-likeness (QED) is 0.523. The zero-order valence-corrected chi connectivity index (χ0v) is 20.8. The summed E-state index contributed by atoms with van der Waals surface area (Å²) in [5, 5.41) is 10.3. The molecule has 1 saturated heterocycles. The summed E-state index contributed by atoms with van der Waals surface area (Å²) in [4.78, 5) is 30.9.